The van der Waals surface area contributed by atoms with Gasteiger partial charge in [0, 0.05) is 19.6 Å². The van der Waals surface area contributed by atoms with Crippen LogP contribution in [0.4, 0.5) is 11.5 Å². The molecule has 5 nitrogen and oxygen atoms in total. The molecule has 1 fully saturated rings. The molecule has 2 aromatic carbocycles. The Labute approximate surface area is 197 Å². The van der Waals surface area contributed by atoms with Crippen LogP contribution in [0.15, 0.2) is 72.9 Å². The van der Waals surface area contributed by atoms with E-state index in [0.717, 1.165) is 24.3 Å². The first-order valence-corrected chi connectivity index (χ1v) is 11.9. The summed E-state index contributed by atoms with van der Waals surface area (Å²) in [6.07, 6.45) is 3.07. The molecule has 1 aromatic heterocycles. The Kier molecular flexibility index (Phi) is 7.40. The van der Waals surface area contributed by atoms with E-state index < -0.39 is 6.04 Å². The van der Waals surface area contributed by atoms with E-state index in [1.165, 1.54) is 17.5 Å². The monoisotopic (exact) mass is 442 g/mol. The number of aryl methyl sites for hydroxylation is 1. The number of rotatable bonds is 8. The lowest BCUT2D eigenvalue weighted by atomic mass is 9.98. The molecule has 0 saturated carbocycles. The average molecular weight is 443 g/mol. The summed E-state index contributed by atoms with van der Waals surface area (Å²) in [5.41, 5.74) is 4.56. The van der Waals surface area contributed by atoms with E-state index in [1.807, 2.05) is 48.7 Å². The molecule has 0 radical (unpaired) electrons. The summed E-state index contributed by atoms with van der Waals surface area (Å²) >= 11 is 0. The van der Waals surface area contributed by atoms with Gasteiger partial charge in [-0.25, -0.2) is 4.98 Å². The predicted molar refractivity (Wildman–Crippen MR) is 136 cm³/mol. The lowest BCUT2D eigenvalue weighted by Gasteiger charge is -2.22. The van der Waals surface area contributed by atoms with Crippen molar-refractivity contribution in [2.75, 3.05) is 29.9 Å². The fraction of sp³-hybridized carbons (Fsp3) is 0.357. The van der Waals surface area contributed by atoms with Crippen LogP contribution in [0.5, 0.6) is 0 Å². The SMILES string of the molecule is Cc1ccc([C@@H](C)CN[C@H](C(=O)Nc2ccc(N3CC[C@@H](C)C3)cn2)c2ccccc2)cc1. The van der Waals surface area contributed by atoms with Crippen molar-refractivity contribution in [1.82, 2.24) is 10.3 Å². The van der Waals surface area contributed by atoms with E-state index in [4.69, 9.17) is 0 Å². The number of aromatic nitrogens is 1. The quantitative estimate of drug-likeness (QED) is 0.496. The summed E-state index contributed by atoms with van der Waals surface area (Å²) in [6.45, 7) is 9.36. The molecule has 1 aliphatic rings. The first kappa shape index (κ1) is 23.0. The minimum absolute atomic E-state index is 0.104. The van der Waals surface area contributed by atoms with Crippen LogP contribution in [-0.2, 0) is 4.79 Å². The van der Waals surface area contributed by atoms with Gasteiger partial charge in [0.15, 0.2) is 0 Å². The van der Waals surface area contributed by atoms with Crippen LogP contribution in [0, 0.1) is 12.8 Å². The average Bonchev–Trinajstić information content (AvgIpc) is 3.27. The minimum Gasteiger partial charge on any atom is -0.370 e. The van der Waals surface area contributed by atoms with Crippen LogP contribution >= 0.6 is 0 Å². The highest BCUT2D eigenvalue weighted by Gasteiger charge is 2.22. The van der Waals surface area contributed by atoms with Crippen molar-refractivity contribution < 1.29 is 4.79 Å². The van der Waals surface area contributed by atoms with Gasteiger partial charge < -0.3 is 15.5 Å². The molecule has 0 bridgehead atoms. The van der Waals surface area contributed by atoms with Crippen molar-refractivity contribution in [3.05, 3.63) is 89.6 Å². The number of benzene rings is 2. The van der Waals surface area contributed by atoms with Crippen LogP contribution in [0.3, 0.4) is 0 Å². The van der Waals surface area contributed by atoms with Crippen LogP contribution in [0.25, 0.3) is 0 Å². The Morgan fingerprint density at radius 1 is 1.06 bits per heavy atom. The summed E-state index contributed by atoms with van der Waals surface area (Å²) in [7, 11) is 0. The number of amides is 1. The van der Waals surface area contributed by atoms with Gasteiger partial charge in [-0.2, -0.15) is 0 Å². The van der Waals surface area contributed by atoms with Gasteiger partial charge in [-0.1, -0.05) is 74.0 Å². The summed E-state index contributed by atoms with van der Waals surface area (Å²) in [5, 5.41) is 6.49. The second-order valence-corrected chi connectivity index (χ2v) is 9.29. The fourth-order valence-corrected chi connectivity index (χ4v) is 4.33. The van der Waals surface area contributed by atoms with E-state index in [0.29, 0.717) is 18.3 Å². The molecule has 0 unspecified atom stereocenters. The number of hydrogen-bond acceptors (Lipinski definition) is 4. The normalized spacial score (nSPS) is 17.5. The second-order valence-electron chi connectivity index (χ2n) is 9.29. The third-order valence-electron chi connectivity index (χ3n) is 6.46. The summed E-state index contributed by atoms with van der Waals surface area (Å²) < 4.78 is 0. The maximum Gasteiger partial charge on any atom is 0.247 e. The molecule has 2 N–H and O–H groups in total. The minimum atomic E-state index is -0.458. The van der Waals surface area contributed by atoms with E-state index in [9.17, 15) is 4.79 Å². The molecule has 1 saturated heterocycles. The van der Waals surface area contributed by atoms with Gasteiger partial charge in [-0.15, -0.1) is 0 Å². The van der Waals surface area contributed by atoms with Crippen LogP contribution in [-0.4, -0.2) is 30.5 Å². The Hall–Kier alpha value is -3.18. The number of carbonyl (C=O) groups is 1. The zero-order valence-electron chi connectivity index (χ0n) is 19.8. The van der Waals surface area contributed by atoms with Crippen molar-refractivity contribution >= 4 is 17.4 Å². The zero-order valence-corrected chi connectivity index (χ0v) is 19.8. The molecular weight excluding hydrogens is 408 g/mol. The smallest absolute Gasteiger partial charge is 0.247 e. The van der Waals surface area contributed by atoms with E-state index >= 15 is 0 Å². The lowest BCUT2D eigenvalue weighted by molar-refractivity contribution is -0.118. The van der Waals surface area contributed by atoms with E-state index in [-0.39, 0.29) is 11.8 Å². The van der Waals surface area contributed by atoms with Crippen molar-refractivity contribution in [2.24, 2.45) is 5.92 Å². The Morgan fingerprint density at radius 2 is 1.82 bits per heavy atom. The standard InChI is InChI=1S/C28H34N4O/c1-20-9-11-23(12-10-20)22(3)17-30-27(24-7-5-4-6-8-24)28(33)31-26-14-13-25(18-29-26)32-16-15-21(2)19-32/h4-14,18,21-22,27,30H,15-17,19H2,1-3H3,(H,29,31,33)/t21-,22+,27+/m1/s1. The lowest BCUT2D eigenvalue weighted by Crippen LogP contribution is -2.35. The van der Waals surface area contributed by atoms with Crippen molar-refractivity contribution in [2.45, 2.75) is 39.2 Å². The molecule has 0 aliphatic carbocycles. The molecule has 0 spiro atoms. The molecule has 1 amide bonds. The largest absolute Gasteiger partial charge is 0.370 e. The Morgan fingerprint density at radius 3 is 2.45 bits per heavy atom. The molecular formula is C28H34N4O. The molecule has 3 aromatic rings. The van der Waals surface area contributed by atoms with Crippen molar-refractivity contribution in [3.63, 3.8) is 0 Å². The Balaban J connectivity index is 1.43. The maximum absolute atomic E-state index is 13.3. The second kappa shape index (κ2) is 10.6. The predicted octanol–water partition coefficient (Wildman–Crippen LogP) is 5.31. The molecule has 2 heterocycles. The molecule has 33 heavy (non-hydrogen) atoms. The highest BCUT2D eigenvalue weighted by Crippen LogP contribution is 2.24. The maximum atomic E-state index is 13.3. The van der Waals surface area contributed by atoms with Crippen molar-refractivity contribution in [1.29, 1.82) is 0 Å². The topological polar surface area (TPSA) is 57.3 Å². The number of hydrogen-bond donors (Lipinski definition) is 2. The molecule has 5 heteroatoms. The van der Waals surface area contributed by atoms with Crippen molar-refractivity contribution in [3.8, 4) is 0 Å². The fourth-order valence-electron chi connectivity index (χ4n) is 4.33. The van der Waals surface area contributed by atoms with Crippen LogP contribution < -0.4 is 15.5 Å². The first-order chi connectivity index (χ1) is 16.0. The third-order valence-corrected chi connectivity index (χ3v) is 6.46. The molecule has 172 valence electrons. The number of anilines is 2. The van der Waals surface area contributed by atoms with E-state index in [2.05, 4.69) is 65.6 Å². The van der Waals surface area contributed by atoms with Gasteiger partial charge in [0.05, 0.1) is 11.9 Å². The van der Waals surface area contributed by atoms with Gasteiger partial charge >= 0.3 is 0 Å². The summed E-state index contributed by atoms with van der Waals surface area (Å²) in [4.78, 5) is 20.1. The molecule has 4 rings (SSSR count). The highest BCUT2D eigenvalue weighted by molar-refractivity contribution is 5.94. The number of carbonyl (C=O) groups excluding carboxylic acids is 1. The molecule has 1 aliphatic heterocycles. The summed E-state index contributed by atoms with van der Waals surface area (Å²) in [5.74, 6) is 1.46. The molecule has 3 atom stereocenters. The van der Waals surface area contributed by atoms with Gasteiger partial charge in [0.25, 0.3) is 0 Å². The number of nitrogens with one attached hydrogen (secondary N) is 2. The van der Waals surface area contributed by atoms with Crippen LogP contribution in [0.1, 0.15) is 48.9 Å². The van der Waals surface area contributed by atoms with Gasteiger partial charge in [-0.05, 0) is 48.4 Å². The number of pyridine rings is 1. The van der Waals surface area contributed by atoms with E-state index in [1.54, 1.807) is 0 Å². The number of nitrogens with zero attached hydrogens (tertiary/aromatic N) is 2. The third kappa shape index (κ3) is 5.99. The summed E-state index contributed by atoms with van der Waals surface area (Å²) in [6, 6.07) is 21.9. The first-order valence-electron chi connectivity index (χ1n) is 11.9. The zero-order chi connectivity index (χ0) is 23.2. The van der Waals surface area contributed by atoms with Gasteiger partial charge in [0.2, 0.25) is 5.91 Å². The van der Waals surface area contributed by atoms with Gasteiger partial charge in [-0.3, -0.25) is 4.79 Å². The van der Waals surface area contributed by atoms with Gasteiger partial charge in [0.1, 0.15) is 11.9 Å². The highest BCUT2D eigenvalue weighted by atomic mass is 16.2. The Bertz CT molecular complexity index is 1030. The van der Waals surface area contributed by atoms with Crippen LogP contribution in [0.2, 0.25) is 0 Å².